The van der Waals surface area contributed by atoms with Crippen LogP contribution in [0.15, 0.2) is 18.3 Å². The van der Waals surface area contributed by atoms with Crippen molar-refractivity contribution < 1.29 is 0 Å². The van der Waals surface area contributed by atoms with Gasteiger partial charge in [0.25, 0.3) is 0 Å². The van der Waals surface area contributed by atoms with E-state index in [0.29, 0.717) is 6.04 Å². The van der Waals surface area contributed by atoms with E-state index < -0.39 is 0 Å². The number of hydrogen-bond donors (Lipinski definition) is 1. The molecule has 0 saturated carbocycles. The van der Waals surface area contributed by atoms with E-state index in [1.807, 2.05) is 6.20 Å². The number of rotatable bonds is 7. The van der Waals surface area contributed by atoms with Crippen molar-refractivity contribution in [2.45, 2.75) is 39.3 Å². The van der Waals surface area contributed by atoms with Gasteiger partial charge in [-0.05, 0) is 44.6 Å². The highest BCUT2D eigenvalue weighted by atomic mass is 15.2. The number of anilines is 1. The molecule has 1 unspecified atom stereocenters. The SMILES string of the molecule is CCNCc1cc(N(C)CC2CCCN2CC)ccn1. The number of likely N-dealkylation sites (N-methyl/N-ethyl adjacent to an activating group) is 2. The van der Waals surface area contributed by atoms with Crippen LogP contribution in [0.5, 0.6) is 0 Å². The highest BCUT2D eigenvalue weighted by Gasteiger charge is 2.24. The van der Waals surface area contributed by atoms with E-state index in [2.05, 4.69) is 53.1 Å². The van der Waals surface area contributed by atoms with Crippen molar-refractivity contribution in [2.75, 3.05) is 38.1 Å². The Kier molecular flexibility index (Phi) is 5.80. The van der Waals surface area contributed by atoms with E-state index in [0.717, 1.165) is 25.3 Å². The highest BCUT2D eigenvalue weighted by Crippen LogP contribution is 2.20. The van der Waals surface area contributed by atoms with Crippen LogP contribution in [0, 0.1) is 0 Å². The van der Waals surface area contributed by atoms with E-state index in [-0.39, 0.29) is 0 Å². The summed E-state index contributed by atoms with van der Waals surface area (Å²) >= 11 is 0. The third kappa shape index (κ3) is 3.93. The first-order valence-corrected chi connectivity index (χ1v) is 7.85. The fraction of sp³-hybridized carbons (Fsp3) is 0.688. The molecule has 4 heteroatoms. The van der Waals surface area contributed by atoms with Gasteiger partial charge in [-0.3, -0.25) is 9.88 Å². The van der Waals surface area contributed by atoms with E-state index >= 15 is 0 Å². The van der Waals surface area contributed by atoms with Gasteiger partial charge in [0.15, 0.2) is 0 Å². The van der Waals surface area contributed by atoms with Crippen molar-refractivity contribution in [3.63, 3.8) is 0 Å². The first kappa shape index (κ1) is 15.3. The van der Waals surface area contributed by atoms with Gasteiger partial charge in [0.2, 0.25) is 0 Å². The molecule has 0 bridgehead atoms. The molecule has 2 rings (SSSR count). The maximum absolute atomic E-state index is 4.42. The Hall–Kier alpha value is -1.13. The Morgan fingerprint density at radius 1 is 1.45 bits per heavy atom. The summed E-state index contributed by atoms with van der Waals surface area (Å²) in [6.45, 7) is 9.75. The Bertz CT molecular complexity index is 407. The molecule has 20 heavy (non-hydrogen) atoms. The Morgan fingerprint density at radius 3 is 3.05 bits per heavy atom. The van der Waals surface area contributed by atoms with E-state index in [9.17, 15) is 0 Å². The average Bonchev–Trinajstić information content (AvgIpc) is 2.92. The zero-order valence-corrected chi connectivity index (χ0v) is 13.1. The molecule has 1 N–H and O–H groups in total. The number of hydrogen-bond acceptors (Lipinski definition) is 4. The fourth-order valence-electron chi connectivity index (χ4n) is 2.99. The minimum Gasteiger partial charge on any atom is -0.373 e. The van der Waals surface area contributed by atoms with Gasteiger partial charge in [-0.15, -0.1) is 0 Å². The molecule has 1 aliphatic heterocycles. The van der Waals surface area contributed by atoms with Gasteiger partial charge in [0.05, 0.1) is 5.69 Å². The lowest BCUT2D eigenvalue weighted by Crippen LogP contribution is -2.38. The Labute approximate surface area is 123 Å². The third-order valence-electron chi connectivity index (χ3n) is 4.19. The summed E-state index contributed by atoms with van der Waals surface area (Å²) in [6.07, 6.45) is 4.59. The molecule has 1 aliphatic rings. The van der Waals surface area contributed by atoms with Gasteiger partial charge in [-0.1, -0.05) is 13.8 Å². The van der Waals surface area contributed by atoms with Crippen molar-refractivity contribution in [3.8, 4) is 0 Å². The van der Waals surface area contributed by atoms with Gasteiger partial charge < -0.3 is 10.2 Å². The third-order valence-corrected chi connectivity index (χ3v) is 4.19. The van der Waals surface area contributed by atoms with Crippen LogP contribution in [0.2, 0.25) is 0 Å². The van der Waals surface area contributed by atoms with Crippen LogP contribution in [0.25, 0.3) is 0 Å². The molecule has 1 aromatic rings. The second kappa shape index (κ2) is 7.60. The molecule has 1 atom stereocenters. The van der Waals surface area contributed by atoms with Crippen molar-refractivity contribution in [3.05, 3.63) is 24.0 Å². The molecule has 1 aromatic heterocycles. The number of nitrogens with zero attached hydrogens (tertiary/aromatic N) is 3. The summed E-state index contributed by atoms with van der Waals surface area (Å²) in [6, 6.07) is 5.02. The van der Waals surface area contributed by atoms with Crippen LogP contribution in [-0.4, -0.2) is 49.2 Å². The summed E-state index contributed by atoms with van der Waals surface area (Å²) in [5.41, 5.74) is 2.39. The topological polar surface area (TPSA) is 31.4 Å². The standard InChI is InChI=1S/C16H28N4/c1-4-17-12-14-11-15(8-9-18-14)19(3)13-16-7-6-10-20(16)5-2/h8-9,11,16-17H,4-7,10,12-13H2,1-3H3. The van der Waals surface area contributed by atoms with Crippen molar-refractivity contribution in [2.24, 2.45) is 0 Å². The van der Waals surface area contributed by atoms with Crippen LogP contribution in [0.3, 0.4) is 0 Å². The predicted octanol–water partition coefficient (Wildman–Crippen LogP) is 2.11. The van der Waals surface area contributed by atoms with Crippen molar-refractivity contribution in [1.29, 1.82) is 0 Å². The van der Waals surface area contributed by atoms with Crippen LogP contribution in [-0.2, 0) is 6.54 Å². The Balaban J connectivity index is 1.96. The van der Waals surface area contributed by atoms with Gasteiger partial charge in [-0.25, -0.2) is 0 Å². The molecule has 1 fully saturated rings. The van der Waals surface area contributed by atoms with Gasteiger partial charge in [0, 0.05) is 38.1 Å². The summed E-state index contributed by atoms with van der Waals surface area (Å²) < 4.78 is 0. The second-order valence-electron chi connectivity index (χ2n) is 5.59. The number of nitrogens with one attached hydrogen (secondary N) is 1. The number of likely N-dealkylation sites (tertiary alicyclic amines) is 1. The van der Waals surface area contributed by atoms with E-state index in [4.69, 9.17) is 0 Å². The summed E-state index contributed by atoms with van der Waals surface area (Å²) in [5, 5.41) is 3.33. The quantitative estimate of drug-likeness (QED) is 0.826. The van der Waals surface area contributed by atoms with Crippen LogP contribution in [0.4, 0.5) is 5.69 Å². The molecular weight excluding hydrogens is 248 g/mol. The molecule has 4 nitrogen and oxygen atoms in total. The first-order chi connectivity index (χ1) is 9.74. The van der Waals surface area contributed by atoms with Crippen LogP contribution < -0.4 is 10.2 Å². The van der Waals surface area contributed by atoms with Gasteiger partial charge in [-0.2, -0.15) is 0 Å². The van der Waals surface area contributed by atoms with Gasteiger partial charge >= 0.3 is 0 Å². The normalized spacial score (nSPS) is 19.4. The van der Waals surface area contributed by atoms with Crippen LogP contribution in [0.1, 0.15) is 32.4 Å². The molecule has 0 aliphatic carbocycles. The van der Waals surface area contributed by atoms with Gasteiger partial charge in [0.1, 0.15) is 0 Å². The second-order valence-corrected chi connectivity index (χ2v) is 5.59. The van der Waals surface area contributed by atoms with Crippen molar-refractivity contribution >= 4 is 5.69 Å². The molecule has 0 amide bonds. The van der Waals surface area contributed by atoms with Crippen molar-refractivity contribution in [1.82, 2.24) is 15.2 Å². The smallest absolute Gasteiger partial charge is 0.0562 e. The maximum Gasteiger partial charge on any atom is 0.0562 e. The molecule has 2 heterocycles. The van der Waals surface area contributed by atoms with Crippen LogP contribution >= 0.6 is 0 Å². The molecule has 0 aromatic carbocycles. The monoisotopic (exact) mass is 276 g/mol. The average molecular weight is 276 g/mol. The van der Waals surface area contributed by atoms with E-state index in [1.54, 1.807) is 0 Å². The summed E-state index contributed by atoms with van der Waals surface area (Å²) in [5.74, 6) is 0. The lowest BCUT2D eigenvalue weighted by Gasteiger charge is -2.29. The summed E-state index contributed by atoms with van der Waals surface area (Å²) in [7, 11) is 2.19. The fourth-order valence-corrected chi connectivity index (χ4v) is 2.99. The lowest BCUT2D eigenvalue weighted by atomic mass is 10.2. The minimum absolute atomic E-state index is 0.704. The molecule has 112 valence electrons. The molecular formula is C16H28N4. The Morgan fingerprint density at radius 2 is 2.30 bits per heavy atom. The number of pyridine rings is 1. The minimum atomic E-state index is 0.704. The molecule has 1 saturated heterocycles. The maximum atomic E-state index is 4.42. The summed E-state index contributed by atoms with van der Waals surface area (Å²) in [4.78, 5) is 9.39. The molecule has 0 spiro atoms. The van der Waals surface area contributed by atoms with E-state index in [1.165, 1.54) is 31.6 Å². The lowest BCUT2D eigenvalue weighted by molar-refractivity contribution is 0.270. The first-order valence-electron chi connectivity index (χ1n) is 7.85. The predicted molar refractivity (Wildman–Crippen MR) is 85.2 cm³/mol. The number of aromatic nitrogens is 1. The zero-order chi connectivity index (χ0) is 14.4. The zero-order valence-electron chi connectivity index (χ0n) is 13.1. The largest absolute Gasteiger partial charge is 0.373 e. The molecule has 0 radical (unpaired) electrons. The highest BCUT2D eigenvalue weighted by molar-refractivity contribution is 5.45.